The Balaban J connectivity index is 0.000000315. The van der Waals surface area contributed by atoms with Crippen molar-refractivity contribution < 1.29 is 19.8 Å². The summed E-state index contributed by atoms with van der Waals surface area (Å²) < 4.78 is 0. The molecule has 16 heavy (non-hydrogen) atoms. The van der Waals surface area contributed by atoms with Crippen LogP contribution in [0.1, 0.15) is 19.8 Å². The zero-order valence-corrected chi connectivity index (χ0v) is 9.17. The first-order valence-electron chi connectivity index (χ1n) is 5.05. The van der Waals surface area contributed by atoms with Crippen molar-refractivity contribution in [1.29, 1.82) is 0 Å². The zero-order chi connectivity index (χ0) is 12.4. The maximum Gasteiger partial charge on any atom is 0.317 e. The van der Waals surface area contributed by atoms with Crippen molar-refractivity contribution >= 4 is 11.9 Å². The van der Waals surface area contributed by atoms with Crippen LogP contribution in [0.4, 0.5) is 0 Å². The van der Waals surface area contributed by atoms with Crippen molar-refractivity contribution in [3.8, 4) is 0 Å². The van der Waals surface area contributed by atoms with E-state index in [1.807, 2.05) is 36.4 Å². The summed E-state index contributed by atoms with van der Waals surface area (Å²) in [4.78, 5) is 20.3. The van der Waals surface area contributed by atoms with E-state index in [2.05, 4.69) is 0 Å². The minimum atomic E-state index is -1.26. The fourth-order valence-electron chi connectivity index (χ4n) is 1.03. The van der Waals surface area contributed by atoms with Crippen molar-refractivity contribution in [2.75, 3.05) is 0 Å². The van der Waals surface area contributed by atoms with Crippen LogP contribution in [0.2, 0.25) is 0 Å². The van der Waals surface area contributed by atoms with E-state index in [0.29, 0.717) is 6.42 Å². The molecule has 0 spiro atoms. The van der Waals surface area contributed by atoms with Gasteiger partial charge >= 0.3 is 11.9 Å². The van der Waals surface area contributed by atoms with Crippen LogP contribution in [0, 0.1) is 5.92 Å². The molecule has 1 aromatic carbocycles. The Morgan fingerprint density at radius 2 is 1.25 bits per heavy atom. The van der Waals surface area contributed by atoms with Crippen LogP contribution in [-0.2, 0) is 9.59 Å². The average Bonchev–Trinajstić information content (AvgIpc) is 2.28. The van der Waals surface area contributed by atoms with Crippen molar-refractivity contribution in [2.24, 2.45) is 5.92 Å². The summed E-state index contributed by atoms with van der Waals surface area (Å²) in [6.45, 7) is 1.75. The predicted molar refractivity (Wildman–Crippen MR) is 60.1 cm³/mol. The van der Waals surface area contributed by atoms with Gasteiger partial charge in [0.25, 0.3) is 0 Å². The predicted octanol–water partition coefficient (Wildman–Crippen LogP) is 2.26. The Kier molecular flexibility index (Phi) is 7.49. The molecule has 0 amide bonds. The lowest BCUT2D eigenvalue weighted by Crippen LogP contribution is -2.22. The van der Waals surface area contributed by atoms with E-state index in [4.69, 9.17) is 10.2 Å². The first-order chi connectivity index (χ1) is 7.59. The number of benzene rings is 1. The SMILES string of the molecule is CCCC(C(=O)O)C(=O)O.c1ccccc1. The van der Waals surface area contributed by atoms with Gasteiger partial charge in [-0.15, -0.1) is 0 Å². The Hall–Kier alpha value is -1.84. The summed E-state index contributed by atoms with van der Waals surface area (Å²) in [7, 11) is 0. The molecule has 0 aromatic heterocycles. The fourth-order valence-corrected chi connectivity index (χ4v) is 1.03. The van der Waals surface area contributed by atoms with Gasteiger partial charge < -0.3 is 10.2 Å². The van der Waals surface area contributed by atoms with Crippen LogP contribution in [0.25, 0.3) is 0 Å². The van der Waals surface area contributed by atoms with Crippen molar-refractivity contribution in [3.63, 3.8) is 0 Å². The number of hydrogen-bond donors (Lipinski definition) is 2. The van der Waals surface area contributed by atoms with Crippen molar-refractivity contribution in [1.82, 2.24) is 0 Å². The highest BCUT2D eigenvalue weighted by Gasteiger charge is 2.23. The van der Waals surface area contributed by atoms with Crippen LogP contribution in [0.15, 0.2) is 36.4 Å². The fraction of sp³-hybridized carbons (Fsp3) is 0.333. The molecular weight excluding hydrogens is 208 g/mol. The van der Waals surface area contributed by atoms with Gasteiger partial charge in [0.15, 0.2) is 5.92 Å². The van der Waals surface area contributed by atoms with E-state index < -0.39 is 17.9 Å². The summed E-state index contributed by atoms with van der Waals surface area (Å²) in [6.07, 6.45) is 0.772. The molecule has 1 aromatic rings. The van der Waals surface area contributed by atoms with E-state index in [9.17, 15) is 9.59 Å². The number of hydrogen-bond acceptors (Lipinski definition) is 2. The highest BCUT2D eigenvalue weighted by molar-refractivity contribution is 5.92. The van der Waals surface area contributed by atoms with Crippen molar-refractivity contribution in [3.05, 3.63) is 36.4 Å². The second-order valence-electron chi connectivity index (χ2n) is 3.17. The Bertz CT molecular complexity index is 267. The topological polar surface area (TPSA) is 74.6 Å². The molecule has 0 saturated carbocycles. The number of aliphatic carboxylic acids is 2. The third-order valence-corrected chi connectivity index (χ3v) is 1.84. The van der Waals surface area contributed by atoms with E-state index in [1.165, 1.54) is 0 Å². The third-order valence-electron chi connectivity index (χ3n) is 1.84. The monoisotopic (exact) mass is 224 g/mol. The molecule has 0 atom stereocenters. The summed E-state index contributed by atoms with van der Waals surface area (Å²) in [6, 6.07) is 12.0. The van der Waals surface area contributed by atoms with E-state index >= 15 is 0 Å². The number of carboxylic acid groups (broad SMARTS) is 2. The molecule has 0 bridgehead atoms. The molecule has 4 heteroatoms. The third kappa shape index (κ3) is 6.59. The zero-order valence-electron chi connectivity index (χ0n) is 9.17. The quantitative estimate of drug-likeness (QED) is 0.769. The van der Waals surface area contributed by atoms with Crippen LogP contribution in [-0.4, -0.2) is 22.2 Å². The van der Waals surface area contributed by atoms with Gasteiger partial charge in [-0.1, -0.05) is 49.7 Å². The summed E-state index contributed by atoms with van der Waals surface area (Å²) >= 11 is 0. The lowest BCUT2D eigenvalue weighted by atomic mass is 10.1. The van der Waals surface area contributed by atoms with Gasteiger partial charge in [-0.25, -0.2) is 0 Å². The highest BCUT2D eigenvalue weighted by atomic mass is 16.4. The van der Waals surface area contributed by atoms with Crippen LogP contribution < -0.4 is 0 Å². The van der Waals surface area contributed by atoms with Gasteiger partial charge in [0.1, 0.15) is 0 Å². The molecule has 1 rings (SSSR count). The maximum absolute atomic E-state index is 10.2. The van der Waals surface area contributed by atoms with Crippen LogP contribution in [0.3, 0.4) is 0 Å². The largest absolute Gasteiger partial charge is 0.481 e. The minimum Gasteiger partial charge on any atom is -0.481 e. The second kappa shape index (κ2) is 8.47. The normalized spacial score (nSPS) is 9.12. The van der Waals surface area contributed by atoms with Gasteiger partial charge in [-0.3, -0.25) is 9.59 Å². The maximum atomic E-state index is 10.2. The van der Waals surface area contributed by atoms with Gasteiger partial charge in [-0.05, 0) is 6.42 Å². The van der Waals surface area contributed by atoms with E-state index in [0.717, 1.165) is 0 Å². The molecule has 0 unspecified atom stereocenters. The molecule has 0 heterocycles. The Morgan fingerprint density at radius 3 is 1.38 bits per heavy atom. The first kappa shape index (κ1) is 14.2. The molecule has 0 saturated heterocycles. The molecule has 2 N–H and O–H groups in total. The molecule has 0 aliphatic carbocycles. The second-order valence-corrected chi connectivity index (χ2v) is 3.17. The Labute approximate surface area is 94.5 Å². The number of carbonyl (C=O) groups is 2. The average molecular weight is 224 g/mol. The molecule has 0 radical (unpaired) electrons. The molecule has 0 aliphatic rings. The van der Waals surface area contributed by atoms with Gasteiger partial charge in [0, 0.05) is 0 Å². The summed E-state index contributed by atoms with van der Waals surface area (Å²) in [5.41, 5.74) is 0. The van der Waals surface area contributed by atoms with E-state index in [1.54, 1.807) is 6.92 Å². The van der Waals surface area contributed by atoms with Gasteiger partial charge in [0.2, 0.25) is 0 Å². The lowest BCUT2D eigenvalue weighted by molar-refractivity contribution is -0.154. The first-order valence-corrected chi connectivity index (χ1v) is 5.05. The number of carboxylic acids is 2. The molecule has 0 fully saturated rings. The minimum absolute atomic E-state index is 0.199. The summed E-state index contributed by atoms with van der Waals surface area (Å²) in [5.74, 6) is -3.74. The van der Waals surface area contributed by atoms with Crippen LogP contribution >= 0.6 is 0 Å². The van der Waals surface area contributed by atoms with E-state index in [-0.39, 0.29) is 6.42 Å². The van der Waals surface area contributed by atoms with Crippen LogP contribution in [0.5, 0.6) is 0 Å². The highest BCUT2D eigenvalue weighted by Crippen LogP contribution is 2.05. The van der Waals surface area contributed by atoms with Gasteiger partial charge in [-0.2, -0.15) is 0 Å². The number of rotatable bonds is 4. The van der Waals surface area contributed by atoms with Crippen molar-refractivity contribution in [2.45, 2.75) is 19.8 Å². The molecule has 4 nitrogen and oxygen atoms in total. The smallest absolute Gasteiger partial charge is 0.317 e. The Morgan fingerprint density at radius 1 is 0.938 bits per heavy atom. The van der Waals surface area contributed by atoms with Gasteiger partial charge in [0.05, 0.1) is 0 Å². The summed E-state index contributed by atoms with van der Waals surface area (Å²) in [5, 5.41) is 16.6. The molecular formula is C12H16O4. The standard InChI is InChI=1S/C6H10O4.C6H6/c1-2-3-4(5(7)8)6(9)10;1-2-4-6-5-3-1/h4H,2-3H2,1H3,(H,7,8)(H,9,10);1-6H. The lowest BCUT2D eigenvalue weighted by Gasteiger charge is -2.02. The molecule has 0 aliphatic heterocycles. The molecule has 88 valence electrons.